The molecule has 1 aliphatic carbocycles. The van der Waals surface area contributed by atoms with Crippen LogP contribution >= 0.6 is 11.6 Å². The topological polar surface area (TPSA) is 50.4 Å². The molecule has 2 atom stereocenters. The Labute approximate surface area is 199 Å². The first-order valence-electron chi connectivity index (χ1n) is 11.4. The molecule has 4 nitrogen and oxygen atoms in total. The van der Waals surface area contributed by atoms with Crippen LogP contribution in [0.25, 0.3) is 0 Å². The van der Waals surface area contributed by atoms with Gasteiger partial charge in [-0.15, -0.1) is 0 Å². The first kappa shape index (κ1) is 21.6. The molecule has 0 aromatic heterocycles. The maximum atomic E-state index is 13.7. The van der Waals surface area contributed by atoms with Crippen LogP contribution in [0.4, 0.5) is 11.4 Å². The van der Waals surface area contributed by atoms with Crippen molar-refractivity contribution in [3.63, 3.8) is 0 Å². The van der Waals surface area contributed by atoms with E-state index in [4.69, 9.17) is 16.3 Å². The number of halogens is 1. The number of anilines is 2. The number of ether oxygens (including phenoxy) is 1. The monoisotopic (exact) mass is 458 g/mol. The second kappa shape index (κ2) is 8.95. The van der Waals surface area contributed by atoms with E-state index in [1.54, 1.807) is 0 Å². The summed E-state index contributed by atoms with van der Waals surface area (Å²) in [4.78, 5) is 13.7. The number of Topliss-reactive ketones (excluding diaryl/α,β-unsaturated/α-hetero) is 1. The number of rotatable bonds is 4. The zero-order valence-electron chi connectivity index (χ0n) is 18.8. The SMILES string of the molecule is CC(C)Oc1ccccc1[C@@H]1Nc2ccccc2NC2=C1C(=O)C[C@@H](c1ccc(Cl)cc1)C2. The highest BCUT2D eigenvalue weighted by Crippen LogP contribution is 2.45. The molecular weight excluding hydrogens is 432 g/mol. The Hall–Kier alpha value is -3.24. The molecule has 0 fully saturated rings. The normalized spacial score (nSPS) is 19.8. The molecule has 3 aromatic carbocycles. The number of fused-ring (bicyclic) bond motifs is 1. The van der Waals surface area contributed by atoms with E-state index in [1.807, 2.05) is 86.6 Å². The second-order valence-corrected chi connectivity index (χ2v) is 9.36. The van der Waals surface area contributed by atoms with Crippen LogP contribution in [-0.2, 0) is 4.79 Å². The Kier molecular flexibility index (Phi) is 5.86. The van der Waals surface area contributed by atoms with Gasteiger partial charge in [-0.1, -0.05) is 54.1 Å². The van der Waals surface area contributed by atoms with Crippen molar-refractivity contribution in [3.05, 3.63) is 100 Å². The van der Waals surface area contributed by atoms with Crippen molar-refractivity contribution in [3.8, 4) is 5.75 Å². The van der Waals surface area contributed by atoms with Gasteiger partial charge in [-0.05, 0) is 62.1 Å². The number of nitrogens with one attached hydrogen (secondary N) is 2. The smallest absolute Gasteiger partial charge is 0.163 e. The number of carbonyl (C=O) groups is 1. The van der Waals surface area contributed by atoms with Crippen LogP contribution in [0.1, 0.15) is 49.8 Å². The summed E-state index contributed by atoms with van der Waals surface area (Å²) in [5.74, 6) is 1.05. The molecule has 0 unspecified atom stereocenters. The zero-order chi connectivity index (χ0) is 22.9. The Morgan fingerprint density at radius 1 is 0.909 bits per heavy atom. The third-order valence-corrected chi connectivity index (χ3v) is 6.50. The summed E-state index contributed by atoms with van der Waals surface area (Å²) in [7, 11) is 0. The lowest BCUT2D eigenvalue weighted by molar-refractivity contribution is -0.116. The van der Waals surface area contributed by atoms with E-state index < -0.39 is 0 Å². The van der Waals surface area contributed by atoms with Gasteiger partial charge < -0.3 is 15.4 Å². The molecule has 168 valence electrons. The summed E-state index contributed by atoms with van der Waals surface area (Å²) in [5.41, 5.74) is 5.79. The average Bonchev–Trinajstić information content (AvgIpc) is 2.96. The predicted molar refractivity (Wildman–Crippen MR) is 134 cm³/mol. The summed E-state index contributed by atoms with van der Waals surface area (Å²) in [5, 5.41) is 7.94. The van der Waals surface area contributed by atoms with E-state index in [2.05, 4.69) is 10.6 Å². The highest BCUT2D eigenvalue weighted by Gasteiger charge is 2.37. The number of hydrogen-bond donors (Lipinski definition) is 2. The number of hydrogen-bond acceptors (Lipinski definition) is 4. The second-order valence-electron chi connectivity index (χ2n) is 8.92. The summed E-state index contributed by atoms with van der Waals surface area (Å²) in [6, 6.07) is 23.6. The lowest BCUT2D eigenvalue weighted by Gasteiger charge is -2.30. The minimum absolute atomic E-state index is 0.0344. The molecule has 0 saturated carbocycles. The van der Waals surface area contributed by atoms with Crippen molar-refractivity contribution < 1.29 is 9.53 Å². The third kappa shape index (κ3) is 4.36. The van der Waals surface area contributed by atoms with E-state index >= 15 is 0 Å². The molecule has 1 aliphatic heterocycles. The van der Waals surface area contributed by atoms with Gasteiger partial charge in [-0.3, -0.25) is 4.79 Å². The first-order valence-corrected chi connectivity index (χ1v) is 11.8. The number of carbonyl (C=O) groups excluding carboxylic acids is 1. The van der Waals surface area contributed by atoms with E-state index in [0.29, 0.717) is 11.4 Å². The summed E-state index contributed by atoms with van der Waals surface area (Å²) >= 11 is 6.10. The molecule has 0 saturated heterocycles. The maximum absolute atomic E-state index is 13.7. The van der Waals surface area contributed by atoms with Crippen LogP contribution in [0.2, 0.25) is 5.02 Å². The highest BCUT2D eigenvalue weighted by atomic mass is 35.5. The van der Waals surface area contributed by atoms with Gasteiger partial charge in [0.2, 0.25) is 0 Å². The standard InChI is InChI=1S/C28H27ClN2O2/c1-17(2)33-26-10-6-3-7-21(26)28-27-24(30-22-8-4-5-9-23(22)31-28)15-19(16-25(27)32)18-11-13-20(29)14-12-18/h3-14,17,19,28,30-31H,15-16H2,1-2H3/t19-,28-/m0/s1. The van der Waals surface area contributed by atoms with Gasteiger partial charge in [0, 0.05) is 28.3 Å². The first-order chi connectivity index (χ1) is 16.0. The van der Waals surface area contributed by atoms with Crippen LogP contribution in [0.15, 0.2) is 84.1 Å². The van der Waals surface area contributed by atoms with Gasteiger partial charge >= 0.3 is 0 Å². The van der Waals surface area contributed by atoms with Crippen molar-refractivity contribution >= 4 is 28.8 Å². The molecule has 0 radical (unpaired) electrons. The number of benzene rings is 3. The minimum Gasteiger partial charge on any atom is -0.491 e. The minimum atomic E-state index is -0.301. The molecule has 2 N–H and O–H groups in total. The van der Waals surface area contributed by atoms with Crippen LogP contribution < -0.4 is 15.4 Å². The van der Waals surface area contributed by atoms with E-state index in [9.17, 15) is 4.79 Å². The summed E-state index contributed by atoms with van der Waals surface area (Å²) < 4.78 is 6.14. The molecule has 2 aliphatic rings. The molecule has 5 heteroatoms. The lowest BCUT2D eigenvalue weighted by Crippen LogP contribution is -2.27. The molecule has 0 amide bonds. The third-order valence-electron chi connectivity index (χ3n) is 6.24. The van der Waals surface area contributed by atoms with Crippen molar-refractivity contribution in [1.82, 2.24) is 0 Å². The van der Waals surface area contributed by atoms with Gasteiger partial charge in [0.25, 0.3) is 0 Å². The van der Waals surface area contributed by atoms with Crippen molar-refractivity contribution in [2.24, 2.45) is 0 Å². The van der Waals surface area contributed by atoms with Gasteiger partial charge in [0.05, 0.1) is 23.5 Å². The molecule has 5 rings (SSSR count). The number of ketones is 1. The van der Waals surface area contributed by atoms with Crippen molar-refractivity contribution in [2.45, 2.75) is 44.8 Å². The number of allylic oxidation sites excluding steroid dienone is 1. The van der Waals surface area contributed by atoms with E-state index in [0.717, 1.165) is 45.9 Å². The molecule has 0 spiro atoms. The average molecular weight is 459 g/mol. The van der Waals surface area contributed by atoms with Gasteiger partial charge in [0.1, 0.15) is 5.75 Å². The molecule has 33 heavy (non-hydrogen) atoms. The molecule has 0 bridgehead atoms. The fourth-order valence-electron chi connectivity index (χ4n) is 4.78. The number of para-hydroxylation sites is 3. The quantitative estimate of drug-likeness (QED) is 0.437. The highest BCUT2D eigenvalue weighted by molar-refractivity contribution is 6.30. The summed E-state index contributed by atoms with van der Waals surface area (Å²) in [6.07, 6.45) is 1.25. The molecule has 3 aromatic rings. The fraction of sp³-hybridized carbons (Fsp3) is 0.250. The van der Waals surface area contributed by atoms with E-state index in [-0.39, 0.29) is 23.8 Å². The van der Waals surface area contributed by atoms with Gasteiger partial charge in [-0.25, -0.2) is 0 Å². The Morgan fingerprint density at radius 2 is 1.61 bits per heavy atom. The van der Waals surface area contributed by atoms with E-state index in [1.165, 1.54) is 0 Å². The van der Waals surface area contributed by atoms with Crippen LogP contribution in [-0.4, -0.2) is 11.9 Å². The van der Waals surface area contributed by atoms with Crippen molar-refractivity contribution in [1.29, 1.82) is 0 Å². The van der Waals surface area contributed by atoms with Crippen LogP contribution in [0.3, 0.4) is 0 Å². The Balaban J connectivity index is 1.61. The Morgan fingerprint density at radius 3 is 2.36 bits per heavy atom. The van der Waals surface area contributed by atoms with Crippen LogP contribution in [0.5, 0.6) is 5.75 Å². The Bertz CT molecular complexity index is 1220. The largest absolute Gasteiger partial charge is 0.491 e. The van der Waals surface area contributed by atoms with Crippen molar-refractivity contribution in [2.75, 3.05) is 10.6 Å². The lowest BCUT2D eigenvalue weighted by atomic mass is 9.78. The molecule has 1 heterocycles. The zero-order valence-corrected chi connectivity index (χ0v) is 19.5. The van der Waals surface area contributed by atoms with Gasteiger partial charge in [0.15, 0.2) is 5.78 Å². The molecular formula is C28H27ClN2O2. The summed E-state index contributed by atoms with van der Waals surface area (Å²) in [6.45, 7) is 4.03. The van der Waals surface area contributed by atoms with Crippen LogP contribution in [0, 0.1) is 0 Å². The maximum Gasteiger partial charge on any atom is 0.163 e. The predicted octanol–water partition coefficient (Wildman–Crippen LogP) is 7.11. The fourth-order valence-corrected chi connectivity index (χ4v) is 4.90. The van der Waals surface area contributed by atoms with Gasteiger partial charge in [-0.2, -0.15) is 0 Å².